The minimum absolute atomic E-state index is 0.0504. The molecule has 1 aliphatic heterocycles. The molecule has 2 aromatic heterocycles. The fraction of sp³-hybridized carbons (Fsp3) is 0.333. The van der Waals surface area contributed by atoms with Crippen LogP contribution in [0, 0.1) is 13.8 Å². The van der Waals surface area contributed by atoms with Crippen molar-refractivity contribution in [2.75, 3.05) is 16.8 Å². The van der Waals surface area contributed by atoms with Gasteiger partial charge in [0.2, 0.25) is 17.7 Å². The van der Waals surface area contributed by atoms with Crippen LogP contribution in [0.5, 0.6) is 0 Å². The van der Waals surface area contributed by atoms with Crippen LogP contribution in [0.4, 0.5) is 11.7 Å². The lowest BCUT2D eigenvalue weighted by molar-refractivity contribution is -0.122. The number of benzene rings is 1. The summed E-state index contributed by atoms with van der Waals surface area (Å²) in [5.74, 6) is 0.611. The van der Waals surface area contributed by atoms with Gasteiger partial charge in [-0.05, 0) is 31.9 Å². The Labute approximate surface area is 178 Å². The molecule has 0 atom stereocenters. The van der Waals surface area contributed by atoms with Crippen molar-refractivity contribution in [1.29, 1.82) is 0 Å². The van der Waals surface area contributed by atoms with E-state index < -0.39 is 0 Å². The minimum atomic E-state index is -0.310. The fourth-order valence-electron chi connectivity index (χ4n) is 3.44. The number of carbonyl (C=O) groups is 2. The normalized spacial score (nSPS) is 13.2. The van der Waals surface area contributed by atoms with Crippen LogP contribution in [-0.2, 0) is 16.1 Å². The highest BCUT2D eigenvalue weighted by Gasteiger charge is 2.24. The van der Waals surface area contributed by atoms with Crippen LogP contribution in [0.15, 0.2) is 34.9 Å². The van der Waals surface area contributed by atoms with Crippen molar-refractivity contribution in [2.45, 2.75) is 39.7 Å². The molecule has 0 bridgehead atoms. The van der Waals surface area contributed by atoms with Gasteiger partial charge < -0.3 is 4.52 Å². The van der Waals surface area contributed by atoms with Gasteiger partial charge in [-0.3, -0.25) is 19.8 Å². The third-order valence-corrected chi connectivity index (χ3v) is 5.42. The third kappa shape index (κ3) is 4.23. The quantitative estimate of drug-likeness (QED) is 0.665. The number of fused-ring (bicyclic) bond motifs is 1. The van der Waals surface area contributed by atoms with Gasteiger partial charge in [0.05, 0.1) is 5.69 Å². The van der Waals surface area contributed by atoms with E-state index in [1.54, 1.807) is 17.0 Å². The van der Waals surface area contributed by atoms with Gasteiger partial charge in [-0.2, -0.15) is 5.10 Å². The van der Waals surface area contributed by atoms with Crippen LogP contribution in [0.1, 0.15) is 30.5 Å². The lowest BCUT2D eigenvalue weighted by Gasteiger charge is -2.27. The maximum Gasteiger partial charge on any atom is 0.231 e. The lowest BCUT2D eigenvalue weighted by atomic mass is 10.1. The Bertz CT molecular complexity index is 1100. The number of nitrogens with one attached hydrogen (secondary N) is 1. The van der Waals surface area contributed by atoms with E-state index in [2.05, 4.69) is 15.6 Å². The van der Waals surface area contributed by atoms with Crippen molar-refractivity contribution >= 4 is 35.1 Å². The standard InChI is InChI=1S/C21H22ClN5O3/c1-13-4-5-15(11-16(13)22)17-12-19(30-25-17)23-18(28)6-7-21(29)26-8-3-9-27-20(26)10-14(2)24-27/h4-5,10-12H,3,6-9H2,1-2H3,(H,23,28). The second-order valence-electron chi connectivity index (χ2n) is 7.35. The summed E-state index contributed by atoms with van der Waals surface area (Å²) in [4.78, 5) is 26.6. The van der Waals surface area contributed by atoms with Crippen molar-refractivity contribution in [2.24, 2.45) is 0 Å². The predicted octanol–water partition coefficient (Wildman–Crippen LogP) is 3.96. The molecule has 1 aromatic carbocycles. The van der Waals surface area contributed by atoms with E-state index >= 15 is 0 Å². The Morgan fingerprint density at radius 3 is 2.80 bits per heavy atom. The number of anilines is 2. The molecule has 3 aromatic rings. The maximum absolute atomic E-state index is 12.6. The van der Waals surface area contributed by atoms with Crippen LogP contribution in [-0.4, -0.2) is 33.3 Å². The summed E-state index contributed by atoms with van der Waals surface area (Å²) < 4.78 is 7.04. The summed E-state index contributed by atoms with van der Waals surface area (Å²) in [6.07, 6.45) is 0.995. The number of halogens is 1. The van der Waals surface area contributed by atoms with E-state index in [4.69, 9.17) is 16.1 Å². The molecule has 0 saturated heterocycles. The number of amides is 2. The van der Waals surface area contributed by atoms with Gasteiger partial charge in [0.25, 0.3) is 0 Å². The predicted molar refractivity (Wildman–Crippen MR) is 113 cm³/mol. The van der Waals surface area contributed by atoms with Gasteiger partial charge in [0.15, 0.2) is 0 Å². The number of aromatic nitrogens is 3. The van der Waals surface area contributed by atoms with Crippen LogP contribution < -0.4 is 10.2 Å². The summed E-state index contributed by atoms with van der Waals surface area (Å²) in [5, 5.41) is 11.6. The molecular weight excluding hydrogens is 406 g/mol. The van der Waals surface area contributed by atoms with E-state index in [1.165, 1.54) is 0 Å². The highest BCUT2D eigenvalue weighted by molar-refractivity contribution is 6.31. The van der Waals surface area contributed by atoms with Crippen molar-refractivity contribution in [3.05, 3.63) is 46.6 Å². The molecule has 30 heavy (non-hydrogen) atoms. The zero-order valence-corrected chi connectivity index (χ0v) is 17.6. The molecule has 0 fully saturated rings. The Kier molecular flexibility index (Phi) is 5.59. The number of hydrogen-bond acceptors (Lipinski definition) is 5. The van der Waals surface area contributed by atoms with E-state index in [0.29, 0.717) is 17.3 Å². The number of nitrogens with zero attached hydrogens (tertiary/aromatic N) is 4. The van der Waals surface area contributed by atoms with Crippen LogP contribution >= 0.6 is 11.6 Å². The molecule has 2 amide bonds. The molecule has 0 unspecified atom stereocenters. The highest BCUT2D eigenvalue weighted by Crippen LogP contribution is 2.27. The van der Waals surface area contributed by atoms with Gasteiger partial charge in [-0.1, -0.05) is 28.9 Å². The van der Waals surface area contributed by atoms with E-state index in [0.717, 1.165) is 35.6 Å². The fourth-order valence-corrected chi connectivity index (χ4v) is 3.62. The van der Waals surface area contributed by atoms with Crippen molar-refractivity contribution in [1.82, 2.24) is 14.9 Å². The molecule has 156 valence electrons. The highest BCUT2D eigenvalue weighted by atomic mass is 35.5. The summed E-state index contributed by atoms with van der Waals surface area (Å²) >= 11 is 6.15. The summed E-state index contributed by atoms with van der Waals surface area (Å²) in [5.41, 5.74) is 3.20. The average molecular weight is 428 g/mol. The number of aryl methyl sites for hydroxylation is 3. The van der Waals surface area contributed by atoms with Gasteiger partial charge >= 0.3 is 0 Å². The monoisotopic (exact) mass is 427 g/mol. The molecule has 1 aliphatic rings. The number of rotatable bonds is 5. The minimum Gasteiger partial charge on any atom is -0.338 e. The molecule has 9 heteroatoms. The second kappa shape index (κ2) is 8.31. The summed E-state index contributed by atoms with van der Waals surface area (Å²) in [6, 6.07) is 9.10. The molecule has 0 saturated carbocycles. The Morgan fingerprint density at radius 2 is 2.00 bits per heavy atom. The molecule has 0 spiro atoms. The van der Waals surface area contributed by atoms with Gasteiger partial charge in [-0.15, -0.1) is 0 Å². The van der Waals surface area contributed by atoms with Gasteiger partial charge in [0, 0.05) is 48.6 Å². The second-order valence-corrected chi connectivity index (χ2v) is 7.76. The molecule has 3 heterocycles. The first-order valence-electron chi connectivity index (χ1n) is 9.78. The lowest BCUT2D eigenvalue weighted by Crippen LogP contribution is -2.37. The maximum atomic E-state index is 12.6. The smallest absolute Gasteiger partial charge is 0.231 e. The Balaban J connectivity index is 1.34. The zero-order chi connectivity index (χ0) is 21.3. The molecule has 0 radical (unpaired) electrons. The average Bonchev–Trinajstić information content (AvgIpc) is 3.33. The van der Waals surface area contributed by atoms with Gasteiger partial charge in [0.1, 0.15) is 11.5 Å². The molecule has 4 rings (SSSR count). The van der Waals surface area contributed by atoms with E-state index in [9.17, 15) is 9.59 Å². The number of carbonyl (C=O) groups excluding carboxylic acids is 2. The molecule has 8 nitrogen and oxygen atoms in total. The SMILES string of the molecule is Cc1cc2n(n1)CCCN2C(=O)CCC(=O)Nc1cc(-c2ccc(C)c(Cl)c2)no1. The molecular formula is C21H22ClN5O3. The van der Waals surface area contributed by atoms with Crippen LogP contribution in [0.2, 0.25) is 5.02 Å². The van der Waals surface area contributed by atoms with Crippen molar-refractivity contribution in [3.8, 4) is 11.3 Å². The zero-order valence-electron chi connectivity index (χ0n) is 16.8. The van der Waals surface area contributed by atoms with Gasteiger partial charge in [-0.25, -0.2) is 4.68 Å². The van der Waals surface area contributed by atoms with E-state index in [1.807, 2.05) is 36.7 Å². The van der Waals surface area contributed by atoms with Crippen LogP contribution in [0.25, 0.3) is 11.3 Å². The molecule has 1 N–H and O–H groups in total. The Morgan fingerprint density at radius 1 is 1.17 bits per heavy atom. The first-order chi connectivity index (χ1) is 14.4. The first kappa shape index (κ1) is 20.2. The van der Waals surface area contributed by atoms with Crippen LogP contribution in [0.3, 0.4) is 0 Å². The summed E-state index contributed by atoms with van der Waals surface area (Å²) in [7, 11) is 0. The first-order valence-corrected chi connectivity index (χ1v) is 10.2. The topological polar surface area (TPSA) is 93.3 Å². The number of hydrogen-bond donors (Lipinski definition) is 1. The van der Waals surface area contributed by atoms with Crippen molar-refractivity contribution < 1.29 is 14.1 Å². The van der Waals surface area contributed by atoms with Crippen molar-refractivity contribution in [3.63, 3.8) is 0 Å². The summed E-state index contributed by atoms with van der Waals surface area (Å²) in [6.45, 7) is 5.25. The van der Waals surface area contributed by atoms with E-state index in [-0.39, 0.29) is 30.5 Å². The third-order valence-electron chi connectivity index (χ3n) is 5.02. The largest absolute Gasteiger partial charge is 0.338 e. The molecule has 0 aliphatic carbocycles. The Hall–Kier alpha value is -3.13.